The first-order chi connectivity index (χ1) is 8.08. The third kappa shape index (κ3) is 3.06. The second-order valence-corrected chi connectivity index (χ2v) is 5.92. The van der Waals surface area contributed by atoms with Crippen molar-refractivity contribution in [1.29, 1.82) is 0 Å². The van der Waals surface area contributed by atoms with Crippen LogP contribution in [0.2, 0.25) is 0 Å². The lowest BCUT2D eigenvalue weighted by atomic mass is 10.2. The van der Waals surface area contributed by atoms with Gasteiger partial charge in [-0.05, 0) is 36.6 Å². The van der Waals surface area contributed by atoms with E-state index in [-0.39, 0.29) is 4.90 Å². The van der Waals surface area contributed by atoms with E-state index in [0.29, 0.717) is 5.00 Å². The van der Waals surface area contributed by atoms with Crippen LogP contribution in [0.1, 0.15) is 5.56 Å². The minimum absolute atomic E-state index is 0.132. The molecule has 90 valence electrons. The van der Waals surface area contributed by atoms with E-state index in [4.69, 9.17) is 4.28 Å². The van der Waals surface area contributed by atoms with Crippen molar-refractivity contribution in [2.75, 3.05) is 5.48 Å². The van der Waals surface area contributed by atoms with Gasteiger partial charge in [0.05, 0.1) is 4.90 Å². The van der Waals surface area contributed by atoms with Crippen LogP contribution in [0.25, 0.3) is 0 Å². The van der Waals surface area contributed by atoms with Crippen molar-refractivity contribution in [3.05, 3.63) is 47.3 Å². The summed E-state index contributed by atoms with van der Waals surface area (Å²) in [7, 11) is -3.76. The largest absolute Gasteiger partial charge is 0.317 e. The van der Waals surface area contributed by atoms with Gasteiger partial charge in [-0.3, -0.25) is 0 Å². The summed E-state index contributed by atoms with van der Waals surface area (Å²) in [6, 6.07) is 10.0. The van der Waals surface area contributed by atoms with Crippen molar-refractivity contribution in [1.82, 2.24) is 0 Å². The monoisotopic (exact) mass is 269 g/mol. The van der Waals surface area contributed by atoms with Gasteiger partial charge in [0, 0.05) is 0 Å². The van der Waals surface area contributed by atoms with Gasteiger partial charge in [-0.25, -0.2) is 5.48 Å². The normalized spacial score (nSPS) is 11.4. The van der Waals surface area contributed by atoms with Crippen LogP contribution in [0.5, 0.6) is 0 Å². The Hall–Kier alpha value is -1.37. The highest BCUT2D eigenvalue weighted by atomic mass is 32.2. The van der Waals surface area contributed by atoms with Gasteiger partial charge in [0.15, 0.2) is 0 Å². The average molecular weight is 269 g/mol. The summed E-state index contributed by atoms with van der Waals surface area (Å²) in [6.07, 6.45) is 0. The number of hydrogen-bond acceptors (Lipinski definition) is 5. The molecule has 0 atom stereocenters. The predicted molar refractivity (Wildman–Crippen MR) is 67.4 cm³/mol. The fourth-order valence-electron chi connectivity index (χ4n) is 1.19. The molecule has 0 aliphatic carbocycles. The zero-order valence-corrected chi connectivity index (χ0v) is 10.7. The first-order valence-electron chi connectivity index (χ1n) is 4.87. The van der Waals surface area contributed by atoms with Crippen LogP contribution in [-0.2, 0) is 14.4 Å². The summed E-state index contributed by atoms with van der Waals surface area (Å²) in [5, 5.41) is 2.46. The Morgan fingerprint density at radius 1 is 1.18 bits per heavy atom. The van der Waals surface area contributed by atoms with Gasteiger partial charge in [-0.2, -0.15) is 8.42 Å². The van der Waals surface area contributed by atoms with Gasteiger partial charge < -0.3 is 0 Å². The molecule has 0 unspecified atom stereocenters. The van der Waals surface area contributed by atoms with Crippen LogP contribution in [-0.4, -0.2) is 8.42 Å². The van der Waals surface area contributed by atoms with E-state index in [2.05, 4.69) is 5.48 Å². The Balaban J connectivity index is 2.11. The van der Waals surface area contributed by atoms with Crippen molar-refractivity contribution < 1.29 is 12.7 Å². The van der Waals surface area contributed by atoms with Gasteiger partial charge in [-0.15, -0.1) is 15.6 Å². The minimum atomic E-state index is -3.76. The van der Waals surface area contributed by atoms with E-state index in [0.717, 1.165) is 5.56 Å². The number of rotatable bonds is 4. The fourth-order valence-corrected chi connectivity index (χ4v) is 2.55. The van der Waals surface area contributed by atoms with Gasteiger partial charge >= 0.3 is 10.1 Å². The van der Waals surface area contributed by atoms with E-state index in [1.54, 1.807) is 24.3 Å². The lowest BCUT2D eigenvalue weighted by molar-refractivity contribution is 0.392. The highest BCUT2D eigenvalue weighted by Gasteiger charge is 2.15. The molecule has 0 radical (unpaired) electrons. The molecule has 0 aliphatic rings. The zero-order valence-electron chi connectivity index (χ0n) is 9.08. The molecule has 0 aliphatic heterocycles. The number of anilines is 1. The highest BCUT2D eigenvalue weighted by Crippen LogP contribution is 2.18. The Morgan fingerprint density at radius 3 is 2.47 bits per heavy atom. The van der Waals surface area contributed by atoms with Crippen molar-refractivity contribution >= 4 is 26.5 Å². The van der Waals surface area contributed by atoms with E-state index < -0.39 is 10.1 Å². The minimum Gasteiger partial charge on any atom is -0.239 e. The molecule has 0 fully saturated rings. The van der Waals surface area contributed by atoms with Crippen molar-refractivity contribution in [2.45, 2.75) is 11.8 Å². The molecule has 17 heavy (non-hydrogen) atoms. The number of nitrogens with one attached hydrogen (secondary N) is 1. The van der Waals surface area contributed by atoms with Gasteiger partial charge in [0.2, 0.25) is 0 Å². The molecule has 2 rings (SSSR count). The maximum absolute atomic E-state index is 11.8. The number of benzene rings is 1. The summed E-state index contributed by atoms with van der Waals surface area (Å²) in [6.45, 7) is 1.89. The first-order valence-corrected chi connectivity index (χ1v) is 7.16. The Kier molecular flexibility index (Phi) is 3.46. The maximum atomic E-state index is 11.8. The van der Waals surface area contributed by atoms with Gasteiger partial charge in [0.1, 0.15) is 5.00 Å². The molecule has 1 N–H and O–H groups in total. The molecule has 2 aromatic rings. The van der Waals surface area contributed by atoms with Crippen LogP contribution in [0.4, 0.5) is 5.00 Å². The van der Waals surface area contributed by atoms with Crippen LogP contribution in [0, 0.1) is 6.92 Å². The van der Waals surface area contributed by atoms with E-state index >= 15 is 0 Å². The molecular weight excluding hydrogens is 258 g/mol. The zero-order chi connectivity index (χ0) is 12.3. The number of aryl methyl sites for hydroxylation is 1. The van der Waals surface area contributed by atoms with E-state index in [1.807, 2.05) is 12.3 Å². The van der Waals surface area contributed by atoms with E-state index in [9.17, 15) is 8.42 Å². The molecular formula is C11H11NO3S2. The lowest BCUT2D eigenvalue weighted by Gasteiger charge is -2.05. The Bertz CT molecular complexity index is 574. The summed E-state index contributed by atoms with van der Waals surface area (Å²) < 4.78 is 28.2. The smallest absolute Gasteiger partial charge is 0.239 e. The summed E-state index contributed by atoms with van der Waals surface area (Å²) in [5.74, 6) is 0. The summed E-state index contributed by atoms with van der Waals surface area (Å²) in [5.41, 5.74) is 3.40. The third-order valence-electron chi connectivity index (χ3n) is 2.08. The second-order valence-electron chi connectivity index (χ2n) is 3.43. The molecule has 6 heteroatoms. The molecule has 0 spiro atoms. The Morgan fingerprint density at radius 2 is 1.88 bits per heavy atom. The van der Waals surface area contributed by atoms with Gasteiger partial charge in [-0.1, -0.05) is 17.7 Å². The fraction of sp³-hybridized carbons (Fsp3) is 0.0909. The van der Waals surface area contributed by atoms with Crippen LogP contribution in [0.15, 0.2) is 46.7 Å². The SMILES string of the molecule is Cc1ccc(S(=O)(=O)ONc2cccs2)cc1. The quantitative estimate of drug-likeness (QED) is 0.867. The van der Waals surface area contributed by atoms with Crippen LogP contribution in [0.3, 0.4) is 0 Å². The van der Waals surface area contributed by atoms with Gasteiger partial charge in [0.25, 0.3) is 0 Å². The molecule has 0 saturated carbocycles. The molecule has 1 heterocycles. The molecule has 0 saturated heterocycles. The average Bonchev–Trinajstić information content (AvgIpc) is 2.80. The molecule has 0 amide bonds. The van der Waals surface area contributed by atoms with Crippen molar-refractivity contribution in [2.24, 2.45) is 0 Å². The van der Waals surface area contributed by atoms with E-state index in [1.165, 1.54) is 23.5 Å². The molecule has 4 nitrogen and oxygen atoms in total. The van der Waals surface area contributed by atoms with Crippen LogP contribution < -0.4 is 5.48 Å². The van der Waals surface area contributed by atoms with Crippen molar-refractivity contribution in [3.63, 3.8) is 0 Å². The lowest BCUT2D eigenvalue weighted by Crippen LogP contribution is -2.10. The number of hydrogen-bond donors (Lipinski definition) is 1. The molecule has 0 bridgehead atoms. The molecule has 1 aromatic heterocycles. The second kappa shape index (κ2) is 4.87. The highest BCUT2D eigenvalue weighted by molar-refractivity contribution is 7.86. The topological polar surface area (TPSA) is 55.4 Å². The third-order valence-corrected chi connectivity index (χ3v) is 4.00. The first kappa shape index (κ1) is 12.1. The maximum Gasteiger partial charge on any atom is 0.317 e. The standard InChI is InChI=1S/C11H11NO3S2/c1-9-4-6-10(7-5-9)17(13,14)15-12-11-3-2-8-16-11/h2-8,12H,1H3. The van der Waals surface area contributed by atoms with Crippen LogP contribution >= 0.6 is 11.3 Å². The predicted octanol–water partition coefficient (Wildman–Crippen LogP) is 2.79. The van der Waals surface area contributed by atoms with Crippen molar-refractivity contribution in [3.8, 4) is 0 Å². The Labute approximate surface area is 104 Å². The summed E-state index contributed by atoms with van der Waals surface area (Å²) in [4.78, 5) is 0.132. The number of thiophene rings is 1. The summed E-state index contributed by atoms with van der Waals surface area (Å²) >= 11 is 1.36. The molecule has 1 aromatic carbocycles.